The second kappa shape index (κ2) is 10.5. The molecule has 0 spiro atoms. The number of hydrogen-bond donors (Lipinski definition) is 1. The molecule has 0 bridgehead atoms. The van der Waals surface area contributed by atoms with Gasteiger partial charge in [0, 0.05) is 0 Å². The van der Waals surface area contributed by atoms with E-state index in [4.69, 9.17) is 9.47 Å². The van der Waals surface area contributed by atoms with E-state index in [0.717, 1.165) is 5.56 Å². The number of amides is 2. The first-order valence-electron chi connectivity index (χ1n) is 8.47. The minimum atomic E-state index is -1.37. The molecule has 0 aliphatic heterocycles. The van der Waals surface area contributed by atoms with E-state index >= 15 is 0 Å². The molecular weight excluding hydrogens is 354 g/mol. The lowest BCUT2D eigenvalue weighted by atomic mass is 10.0. The molecule has 0 unspecified atom stereocenters. The summed E-state index contributed by atoms with van der Waals surface area (Å²) in [4.78, 5) is 37.2. The highest BCUT2D eigenvalue weighted by Gasteiger charge is 2.39. The van der Waals surface area contributed by atoms with E-state index in [-0.39, 0.29) is 24.4 Å². The Labute approximate surface area is 159 Å². The quantitative estimate of drug-likeness (QED) is 0.804. The number of carboxylic acid groups (broad SMARTS) is 1. The highest BCUT2D eigenvalue weighted by Crippen LogP contribution is 2.19. The fraction of sp³-hybridized carbons (Fsp3) is 0.526. The minimum absolute atomic E-state index is 0. The first kappa shape index (κ1) is 24.4. The van der Waals surface area contributed by atoms with Crippen LogP contribution in [0.2, 0.25) is 0 Å². The summed E-state index contributed by atoms with van der Waals surface area (Å²) in [5, 5.41) is 9.52. The Morgan fingerprint density at radius 2 is 1.63 bits per heavy atom. The van der Waals surface area contributed by atoms with Gasteiger partial charge in [-0.2, -0.15) is 4.90 Å². The zero-order valence-corrected chi connectivity index (χ0v) is 16.4. The Morgan fingerprint density at radius 3 is 2.07 bits per heavy atom. The predicted molar refractivity (Wildman–Crippen MR) is 99.2 cm³/mol. The molecule has 27 heavy (non-hydrogen) atoms. The van der Waals surface area contributed by atoms with Gasteiger partial charge in [-0.05, 0) is 38.7 Å². The Bertz CT molecular complexity index is 623. The number of nitrogens with zero attached hydrogens (tertiary/aromatic N) is 1. The third-order valence-corrected chi connectivity index (χ3v) is 3.28. The van der Waals surface area contributed by atoms with Crippen molar-refractivity contribution in [3.05, 3.63) is 35.9 Å². The lowest BCUT2D eigenvalue weighted by Crippen LogP contribution is -2.51. The second-order valence-electron chi connectivity index (χ2n) is 7.37. The summed E-state index contributed by atoms with van der Waals surface area (Å²) in [6.07, 6.45) is -1.99. The topological polar surface area (TPSA) is 125 Å². The maximum Gasteiger partial charge on any atom is 0.420 e. The molecule has 0 aliphatic carbocycles. The van der Waals surface area contributed by atoms with Gasteiger partial charge in [0.25, 0.3) is 0 Å². The van der Waals surface area contributed by atoms with E-state index in [9.17, 15) is 19.5 Å². The van der Waals surface area contributed by atoms with Gasteiger partial charge in [-0.25, -0.2) is 14.4 Å². The van der Waals surface area contributed by atoms with Crippen LogP contribution in [0, 0.1) is 5.92 Å². The Morgan fingerprint density at radius 1 is 1.07 bits per heavy atom. The summed E-state index contributed by atoms with van der Waals surface area (Å²) in [5.74, 6) is -1.34. The zero-order valence-electron chi connectivity index (χ0n) is 16.4. The number of rotatable bonds is 6. The smallest absolute Gasteiger partial charge is 0.420 e. The van der Waals surface area contributed by atoms with Gasteiger partial charge in [0.1, 0.15) is 18.2 Å². The number of benzene rings is 1. The van der Waals surface area contributed by atoms with Gasteiger partial charge in [0.2, 0.25) is 0 Å². The van der Waals surface area contributed by atoms with Gasteiger partial charge in [-0.1, -0.05) is 44.2 Å². The third kappa shape index (κ3) is 8.54. The molecule has 0 saturated heterocycles. The summed E-state index contributed by atoms with van der Waals surface area (Å²) in [5.41, 5.74) is -0.156. The summed E-state index contributed by atoms with van der Waals surface area (Å²) < 4.78 is 10.4. The molecule has 0 aliphatic rings. The number of hydrogen-bond acceptors (Lipinski definition) is 5. The predicted octanol–water partition coefficient (Wildman–Crippen LogP) is 3.23. The van der Waals surface area contributed by atoms with E-state index in [2.05, 4.69) is 0 Å². The number of carbonyl (C=O) groups excluding carboxylic acids is 2. The van der Waals surface area contributed by atoms with Crippen LogP contribution in [0.1, 0.15) is 46.6 Å². The summed E-state index contributed by atoms with van der Waals surface area (Å²) >= 11 is 0. The van der Waals surface area contributed by atoms with Gasteiger partial charge in [0.15, 0.2) is 0 Å². The van der Waals surface area contributed by atoms with Crippen LogP contribution in [0.15, 0.2) is 30.3 Å². The molecule has 1 atom stereocenters. The number of imide groups is 1. The van der Waals surface area contributed by atoms with Crippen LogP contribution in [0.3, 0.4) is 0 Å². The van der Waals surface area contributed by atoms with Gasteiger partial charge in [0.05, 0.1) is 0 Å². The van der Waals surface area contributed by atoms with Crippen LogP contribution in [-0.4, -0.2) is 45.3 Å². The van der Waals surface area contributed by atoms with E-state index < -0.39 is 29.8 Å². The van der Waals surface area contributed by atoms with Crippen molar-refractivity contribution in [3.63, 3.8) is 0 Å². The number of ether oxygens (including phenoxy) is 2. The van der Waals surface area contributed by atoms with Crippen LogP contribution in [0.5, 0.6) is 0 Å². The van der Waals surface area contributed by atoms with Crippen LogP contribution < -0.4 is 0 Å². The average Bonchev–Trinajstić information content (AvgIpc) is 2.51. The SMILES string of the molecule is CC(C)C[C@@H](C(=O)O)N(C(=O)OCc1ccccc1)C(=O)OC(C)(C)C.O. The molecule has 3 N–H and O–H groups in total. The maximum atomic E-state index is 12.5. The van der Waals surface area contributed by atoms with Crippen molar-refractivity contribution < 1.29 is 34.4 Å². The lowest BCUT2D eigenvalue weighted by Gasteiger charge is -2.30. The van der Waals surface area contributed by atoms with Crippen LogP contribution in [-0.2, 0) is 20.9 Å². The van der Waals surface area contributed by atoms with Crippen molar-refractivity contribution in [1.82, 2.24) is 4.90 Å². The fourth-order valence-electron chi connectivity index (χ4n) is 2.19. The van der Waals surface area contributed by atoms with E-state index in [1.54, 1.807) is 58.9 Å². The monoisotopic (exact) mass is 383 g/mol. The summed E-state index contributed by atoms with van der Waals surface area (Å²) in [7, 11) is 0. The van der Waals surface area contributed by atoms with Crippen molar-refractivity contribution >= 4 is 18.2 Å². The maximum absolute atomic E-state index is 12.5. The van der Waals surface area contributed by atoms with Crippen molar-refractivity contribution in [2.75, 3.05) is 0 Å². The molecule has 0 aromatic heterocycles. The molecule has 152 valence electrons. The Balaban J connectivity index is 0.00000676. The largest absolute Gasteiger partial charge is 0.480 e. The molecule has 1 aromatic carbocycles. The molecule has 8 heteroatoms. The van der Waals surface area contributed by atoms with Crippen molar-refractivity contribution in [2.45, 2.75) is 59.3 Å². The molecule has 2 amide bonds. The summed E-state index contributed by atoms with van der Waals surface area (Å²) in [6, 6.07) is 7.54. The minimum Gasteiger partial charge on any atom is -0.480 e. The molecule has 0 saturated carbocycles. The van der Waals surface area contributed by atoms with E-state index in [1.165, 1.54) is 0 Å². The molecular formula is C19H29NO7. The zero-order chi connectivity index (χ0) is 19.9. The highest BCUT2D eigenvalue weighted by molar-refractivity contribution is 5.93. The van der Waals surface area contributed by atoms with E-state index in [0.29, 0.717) is 4.90 Å². The van der Waals surface area contributed by atoms with Crippen LogP contribution >= 0.6 is 0 Å². The first-order chi connectivity index (χ1) is 12.0. The van der Waals surface area contributed by atoms with Gasteiger partial charge in [-0.3, -0.25) is 0 Å². The molecule has 8 nitrogen and oxygen atoms in total. The number of aliphatic carboxylic acids is 1. The van der Waals surface area contributed by atoms with E-state index in [1.807, 2.05) is 6.07 Å². The standard InChI is InChI=1S/C19H27NO6.H2O/c1-13(2)11-15(16(21)22)20(18(24)26-19(3,4)5)17(23)25-12-14-9-7-6-8-10-14;/h6-10,13,15H,11-12H2,1-5H3,(H,21,22);1H2/t15-;/m0./s1. The first-order valence-corrected chi connectivity index (χ1v) is 8.47. The number of carboxylic acids is 1. The van der Waals surface area contributed by atoms with Gasteiger partial charge in [-0.15, -0.1) is 0 Å². The third-order valence-electron chi connectivity index (χ3n) is 3.28. The van der Waals surface area contributed by atoms with Crippen molar-refractivity contribution in [3.8, 4) is 0 Å². The molecule has 1 aromatic rings. The van der Waals surface area contributed by atoms with Gasteiger partial charge >= 0.3 is 18.2 Å². The van der Waals surface area contributed by atoms with Gasteiger partial charge < -0.3 is 20.1 Å². The Hall–Kier alpha value is -2.61. The van der Waals surface area contributed by atoms with Crippen molar-refractivity contribution in [1.29, 1.82) is 0 Å². The fourth-order valence-corrected chi connectivity index (χ4v) is 2.19. The van der Waals surface area contributed by atoms with Crippen molar-refractivity contribution in [2.24, 2.45) is 5.92 Å². The average molecular weight is 383 g/mol. The lowest BCUT2D eigenvalue weighted by molar-refractivity contribution is -0.143. The van der Waals surface area contributed by atoms with Crippen LogP contribution in [0.4, 0.5) is 9.59 Å². The van der Waals surface area contributed by atoms with Crippen LogP contribution in [0.25, 0.3) is 0 Å². The molecule has 1 rings (SSSR count). The molecule has 0 radical (unpaired) electrons. The molecule has 0 heterocycles. The Kier molecular flexibility index (Phi) is 9.50. The number of carbonyl (C=O) groups is 3. The normalized spacial score (nSPS) is 11.9. The summed E-state index contributed by atoms with van der Waals surface area (Å²) in [6.45, 7) is 8.44. The highest BCUT2D eigenvalue weighted by atomic mass is 16.6. The second-order valence-corrected chi connectivity index (χ2v) is 7.37. The molecule has 0 fully saturated rings.